The molecule has 2 atom stereocenters. The molecule has 0 aliphatic carbocycles. The third-order valence-electron chi connectivity index (χ3n) is 5.55. The second kappa shape index (κ2) is 12.4. The van der Waals surface area contributed by atoms with E-state index in [1.54, 1.807) is 19.1 Å². The normalized spacial score (nSPS) is 13.1. The van der Waals surface area contributed by atoms with Crippen molar-refractivity contribution in [2.24, 2.45) is 5.92 Å². The lowest BCUT2D eigenvalue weighted by atomic mass is 10.0. The fourth-order valence-electron chi connectivity index (χ4n) is 3.30. The van der Waals surface area contributed by atoms with E-state index >= 15 is 0 Å². The monoisotopic (exact) mass is 398 g/mol. The van der Waals surface area contributed by atoms with Crippen molar-refractivity contribution in [3.05, 3.63) is 54.1 Å². The summed E-state index contributed by atoms with van der Waals surface area (Å²) in [5.41, 5.74) is 3.54. The molecular weight excluding hydrogens is 363 g/mol. The average molecular weight is 399 g/mol. The van der Waals surface area contributed by atoms with Crippen molar-refractivity contribution >= 4 is 5.97 Å². The van der Waals surface area contributed by atoms with Gasteiger partial charge in [0.15, 0.2) is 6.17 Å². The number of hydrogen-bond donors (Lipinski definition) is 0. The van der Waals surface area contributed by atoms with Gasteiger partial charge in [0.1, 0.15) is 5.75 Å². The number of unbranched alkanes of at least 4 members (excludes halogenated alkanes) is 5. The van der Waals surface area contributed by atoms with Crippen LogP contribution >= 0.6 is 0 Å². The molecule has 0 N–H and O–H groups in total. The maximum Gasteiger partial charge on any atom is 0.346 e. The number of ether oxygens (including phenoxy) is 1. The van der Waals surface area contributed by atoms with Crippen molar-refractivity contribution in [3.8, 4) is 16.9 Å². The Balaban J connectivity index is 1.85. The fourth-order valence-corrected chi connectivity index (χ4v) is 3.30. The van der Waals surface area contributed by atoms with E-state index in [0.29, 0.717) is 12.2 Å². The minimum atomic E-state index is -1.58. The zero-order valence-corrected chi connectivity index (χ0v) is 18.1. The number of esters is 1. The quantitative estimate of drug-likeness (QED) is 0.210. The van der Waals surface area contributed by atoms with Gasteiger partial charge < -0.3 is 4.74 Å². The summed E-state index contributed by atoms with van der Waals surface area (Å²) in [5.74, 6) is -0.771. The number of benzene rings is 2. The standard InChI is InChI=1S/C26H35FO2/c1-4-6-7-8-9-10-11-21-12-14-22(15-13-21)23-16-18-24(19-17-23)29-26(28)25(27)20(3)5-2/h12-20,25H,4-11H2,1-3H3. The third-order valence-corrected chi connectivity index (χ3v) is 5.55. The summed E-state index contributed by atoms with van der Waals surface area (Å²) < 4.78 is 19.1. The first-order valence-electron chi connectivity index (χ1n) is 11.1. The van der Waals surface area contributed by atoms with Crippen molar-refractivity contribution in [1.82, 2.24) is 0 Å². The summed E-state index contributed by atoms with van der Waals surface area (Å²) in [6, 6.07) is 15.9. The lowest BCUT2D eigenvalue weighted by Crippen LogP contribution is -2.27. The summed E-state index contributed by atoms with van der Waals surface area (Å²) in [7, 11) is 0. The van der Waals surface area contributed by atoms with Gasteiger partial charge in [-0.2, -0.15) is 0 Å². The fraction of sp³-hybridized carbons (Fsp3) is 0.500. The Bertz CT molecular complexity index is 721. The van der Waals surface area contributed by atoms with Crippen LogP contribution < -0.4 is 4.74 Å². The number of rotatable bonds is 12. The van der Waals surface area contributed by atoms with Crippen molar-refractivity contribution in [3.63, 3.8) is 0 Å². The van der Waals surface area contributed by atoms with E-state index in [2.05, 4.69) is 31.2 Å². The first-order valence-corrected chi connectivity index (χ1v) is 11.1. The van der Waals surface area contributed by atoms with Crippen molar-refractivity contribution in [2.75, 3.05) is 0 Å². The molecule has 2 nitrogen and oxygen atoms in total. The zero-order chi connectivity index (χ0) is 21.1. The highest BCUT2D eigenvalue weighted by Crippen LogP contribution is 2.24. The summed E-state index contributed by atoms with van der Waals surface area (Å²) in [4.78, 5) is 11.9. The molecule has 0 saturated heterocycles. The first-order chi connectivity index (χ1) is 14.0. The van der Waals surface area contributed by atoms with Gasteiger partial charge in [-0.1, -0.05) is 95.7 Å². The van der Waals surface area contributed by atoms with Gasteiger partial charge in [0.05, 0.1) is 0 Å². The molecule has 3 heteroatoms. The molecule has 29 heavy (non-hydrogen) atoms. The van der Waals surface area contributed by atoms with Gasteiger partial charge in [-0.3, -0.25) is 0 Å². The van der Waals surface area contributed by atoms with Crippen LogP contribution in [0.5, 0.6) is 5.75 Å². The van der Waals surface area contributed by atoms with Crippen LogP contribution in [-0.4, -0.2) is 12.1 Å². The Morgan fingerprint density at radius 3 is 2.00 bits per heavy atom. The van der Waals surface area contributed by atoms with Crippen LogP contribution in [-0.2, 0) is 11.2 Å². The van der Waals surface area contributed by atoms with E-state index in [0.717, 1.165) is 17.5 Å². The van der Waals surface area contributed by atoms with E-state index in [1.807, 2.05) is 19.1 Å². The van der Waals surface area contributed by atoms with Crippen molar-refractivity contribution < 1.29 is 13.9 Å². The van der Waals surface area contributed by atoms with Crippen LogP contribution in [0.3, 0.4) is 0 Å². The Morgan fingerprint density at radius 1 is 0.862 bits per heavy atom. The molecule has 0 bridgehead atoms. The highest BCUT2D eigenvalue weighted by atomic mass is 19.1. The van der Waals surface area contributed by atoms with Gasteiger partial charge in [-0.15, -0.1) is 0 Å². The van der Waals surface area contributed by atoms with E-state index in [1.165, 1.54) is 44.1 Å². The van der Waals surface area contributed by atoms with Crippen LogP contribution in [0.1, 0.15) is 71.3 Å². The van der Waals surface area contributed by atoms with Gasteiger partial charge in [-0.25, -0.2) is 9.18 Å². The van der Waals surface area contributed by atoms with E-state index < -0.39 is 12.1 Å². The SMILES string of the molecule is CCCCCCCCc1ccc(-c2ccc(OC(=O)C(F)C(C)CC)cc2)cc1. The topological polar surface area (TPSA) is 26.3 Å². The maximum atomic E-state index is 13.9. The molecule has 0 heterocycles. The van der Waals surface area contributed by atoms with Gasteiger partial charge in [0, 0.05) is 0 Å². The lowest BCUT2D eigenvalue weighted by molar-refractivity contribution is -0.141. The number of aryl methyl sites for hydroxylation is 1. The number of halogens is 1. The lowest BCUT2D eigenvalue weighted by Gasteiger charge is -2.13. The molecule has 0 aliphatic heterocycles. The minimum absolute atomic E-state index is 0.336. The zero-order valence-electron chi connectivity index (χ0n) is 18.1. The summed E-state index contributed by atoms with van der Waals surface area (Å²) in [5, 5.41) is 0. The number of alkyl halides is 1. The van der Waals surface area contributed by atoms with Gasteiger partial charge in [0.25, 0.3) is 0 Å². The Morgan fingerprint density at radius 2 is 1.41 bits per heavy atom. The smallest absolute Gasteiger partial charge is 0.346 e. The predicted octanol–water partition coefficient (Wildman–Crippen LogP) is 7.55. The highest BCUT2D eigenvalue weighted by Gasteiger charge is 2.25. The molecule has 2 aromatic rings. The number of carbonyl (C=O) groups is 1. The molecule has 2 aromatic carbocycles. The predicted molar refractivity (Wildman–Crippen MR) is 119 cm³/mol. The minimum Gasteiger partial charge on any atom is -0.424 e. The van der Waals surface area contributed by atoms with E-state index in [4.69, 9.17) is 4.74 Å². The molecule has 2 rings (SSSR count). The molecule has 0 spiro atoms. The first kappa shape index (κ1) is 23.1. The average Bonchev–Trinajstić information content (AvgIpc) is 2.76. The van der Waals surface area contributed by atoms with Gasteiger partial charge in [0.2, 0.25) is 0 Å². The van der Waals surface area contributed by atoms with Crippen LogP contribution in [0.4, 0.5) is 4.39 Å². The molecule has 0 fully saturated rings. The molecule has 158 valence electrons. The van der Waals surface area contributed by atoms with Crippen LogP contribution in [0.2, 0.25) is 0 Å². The molecule has 0 amide bonds. The molecular formula is C26H35FO2. The van der Waals surface area contributed by atoms with Crippen molar-refractivity contribution in [2.45, 2.75) is 78.3 Å². The molecule has 0 saturated carbocycles. The van der Waals surface area contributed by atoms with Crippen molar-refractivity contribution in [1.29, 1.82) is 0 Å². The molecule has 0 radical (unpaired) electrons. The van der Waals surface area contributed by atoms with Gasteiger partial charge >= 0.3 is 5.97 Å². The number of hydrogen-bond acceptors (Lipinski definition) is 2. The van der Waals surface area contributed by atoms with Crippen LogP contribution in [0, 0.1) is 5.92 Å². The van der Waals surface area contributed by atoms with E-state index in [9.17, 15) is 9.18 Å². The molecule has 0 aromatic heterocycles. The van der Waals surface area contributed by atoms with Crippen LogP contribution in [0.15, 0.2) is 48.5 Å². The maximum absolute atomic E-state index is 13.9. The summed E-state index contributed by atoms with van der Waals surface area (Å²) >= 11 is 0. The number of carbonyl (C=O) groups excluding carboxylic acids is 1. The Hall–Kier alpha value is -2.16. The van der Waals surface area contributed by atoms with E-state index in [-0.39, 0.29) is 5.92 Å². The summed E-state index contributed by atoms with van der Waals surface area (Å²) in [6.07, 6.45) is 8.02. The molecule has 0 aliphatic rings. The highest BCUT2D eigenvalue weighted by molar-refractivity contribution is 5.77. The Kier molecular flexibility index (Phi) is 9.90. The third kappa shape index (κ3) is 7.64. The van der Waals surface area contributed by atoms with Gasteiger partial charge in [-0.05, 0) is 47.6 Å². The molecule has 2 unspecified atom stereocenters. The second-order valence-corrected chi connectivity index (χ2v) is 7.95. The second-order valence-electron chi connectivity index (χ2n) is 7.95. The summed E-state index contributed by atoms with van der Waals surface area (Å²) in [6.45, 7) is 5.82. The van der Waals surface area contributed by atoms with Crippen LogP contribution in [0.25, 0.3) is 11.1 Å². The largest absolute Gasteiger partial charge is 0.424 e. The Labute approximate surface area is 175 Å².